The molecule has 0 saturated heterocycles. The highest BCUT2D eigenvalue weighted by molar-refractivity contribution is 5.62. The first kappa shape index (κ1) is 10.1. The number of nitrogens with one attached hydrogen (secondary N) is 1. The summed E-state index contributed by atoms with van der Waals surface area (Å²) in [5.41, 5.74) is 2.14. The molecular formula is C12H9FN3+. The zero-order valence-electron chi connectivity index (χ0n) is 8.39. The number of nitrogens with zero attached hydrogens (tertiary/aromatic N) is 2. The first-order valence-corrected chi connectivity index (χ1v) is 4.76. The maximum absolute atomic E-state index is 12.7. The van der Waals surface area contributed by atoms with Crippen molar-refractivity contribution in [3.8, 4) is 0 Å². The summed E-state index contributed by atoms with van der Waals surface area (Å²) in [6.07, 6.45) is 0. The number of rotatable bonds is 2. The van der Waals surface area contributed by atoms with E-state index in [9.17, 15) is 4.39 Å². The van der Waals surface area contributed by atoms with Crippen LogP contribution < -0.4 is 5.32 Å². The van der Waals surface area contributed by atoms with Crippen molar-refractivity contribution in [1.29, 1.82) is 5.39 Å². The third-order valence-corrected chi connectivity index (χ3v) is 2.12. The van der Waals surface area contributed by atoms with Crippen molar-refractivity contribution in [3.63, 3.8) is 0 Å². The van der Waals surface area contributed by atoms with Crippen molar-refractivity contribution >= 4 is 17.1 Å². The van der Waals surface area contributed by atoms with E-state index >= 15 is 0 Å². The van der Waals surface area contributed by atoms with Gasteiger partial charge in [0.2, 0.25) is 5.39 Å². The standard InChI is InChI=1S/C12H9FN3/c13-9-1-3-10(4-2-9)15-11-5-7-12(16-14)8-6-11/h1-8,15H/q+1. The van der Waals surface area contributed by atoms with Crippen molar-refractivity contribution < 1.29 is 4.39 Å². The number of anilines is 2. The second-order valence-electron chi connectivity index (χ2n) is 3.28. The lowest BCUT2D eigenvalue weighted by molar-refractivity contribution is 0.628. The minimum Gasteiger partial charge on any atom is -0.356 e. The Hall–Kier alpha value is -2.41. The monoisotopic (exact) mass is 214 g/mol. The first-order chi connectivity index (χ1) is 7.78. The maximum Gasteiger partial charge on any atom is 0.385 e. The molecule has 0 spiro atoms. The molecule has 0 aliphatic heterocycles. The van der Waals surface area contributed by atoms with Crippen molar-refractivity contribution in [3.05, 3.63) is 59.3 Å². The van der Waals surface area contributed by atoms with Gasteiger partial charge in [-0.25, -0.2) is 4.39 Å². The molecule has 0 amide bonds. The summed E-state index contributed by atoms with van der Waals surface area (Å²) in [5.74, 6) is -0.264. The van der Waals surface area contributed by atoms with Crippen molar-refractivity contribution in [2.75, 3.05) is 5.32 Å². The number of hydrogen-bond acceptors (Lipinski definition) is 2. The molecule has 2 rings (SSSR count). The van der Waals surface area contributed by atoms with E-state index in [-0.39, 0.29) is 5.82 Å². The molecule has 2 aromatic rings. The SMILES string of the molecule is N#[N+]c1ccc(Nc2ccc(F)cc2)cc1. The number of diazo groups is 1. The van der Waals surface area contributed by atoms with Gasteiger partial charge in [-0.05, 0) is 36.4 Å². The average molecular weight is 214 g/mol. The van der Waals surface area contributed by atoms with Crippen LogP contribution in [0.4, 0.5) is 21.5 Å². The van der Waals surface area contributed by atoms with Gasteiger partial charge in [-0.1, -0.05) is 0 Å². The molecule has 0 heterocycles. The van der Waals surface area contributed by atoms with E-state index in [1.165, 1.54) is 12.1 Å². The van der Waals surface area contributed by atoms with Crippen LogP contribution in [-0.2, 0) is 0 Å². The fraction of sp³-hybridized carbons (Fsp3) is 0. The number of benzene rings is 2. The number of halogens is 1. The minimum absolute atomic E-state index is 0.264. The molecule has 0 atom stereocenters. The fourth-order valence-electron chi connectivity index (χ4n) is 1.31. The zero-order chi connectivity index (χ0) is 11.4. The van der Waals surface area contributed by atoms with E-state index in [2.05, 4.69) is 10.3 Å². The molecule has 0 fully saturated rings. The Labute approximate surface area is 92.2 Å². The fourth-order valence-corrected chi connectivity index (χ4v) is 1.31. The van der Waals surface area contributed by atoms with Gasteiger partial charge in [0.15, 0.2) is 4.98 Å². The van der Waals surface area contributed by atoms with Gasteiger partial charge in [0.25, 0.3) is 0 Å². The van der Waals surface area contributed by atoms with E-state index in [1.807, 2.05) is 0 Å². The van der Waals surface area contributed by atoms with Gasteiger partial charge in [-0.15, -0.1) is 0 Å². The molecule has 0 aliphatic carbocycles. The summed E-state index contributed by atoms with van der Waals surface area (Å²) in [5, 5.41) is 11.6. The molecule has 16 heavy (non-hydrogen) atoms. The summed E-state index contributed by atoms with van der Waals surface area (Å²) in [7, 11) is 0. The van der Waals surface area contributed by atoms with Crippen molar-refractivity contribution in [2.45, 2.75) is 0 Å². The molecule has 0 aliphatic rings. The second-order valence-corrected chi connectivity index (χ2v) is 3.28. The van der Waals surface area contributed by atoms with Crippen LogP contribution in [-0.4, -0.2) is 0 Å². The van der Waals surface area contributed by atoms with Gasteiger partial charge in [-0.2, -0.15) is 0 Å². The van der Waals surface area contributed by atoms with Gasteiger partial charge < -0.3 is 5.32 Å². The lowest BCUT2D eigenvalue weighted by Crippen LogP contribution is -1.89. The Morgan fingerprint density at radius 3 is 1.88 bits per heavy atom. The Morgan fingerprint density at radius 1 is 0.875 bits per heavy atom. The van der Waals surface area contributed by atoms with Gasteiger partial charge in [0.1, 0.15) is 5.82 Å². The summed E-state index contributed by atoms with van der Waals surface area (Å²) in [6.45, 7) is 0. The highest BCUT2D eigenvalue weighted by Crippen LogP contribution is 2.20. The molecule has 0 bridgehead atoms. The summed E-state index contributed by atoms with van der Waals surface area (Å²) >= 11 is 0. The van der Waals surface area contributed by atoms with Crippen LogP contribution in [0.25, 0.3) is 4.98 Å². The number of hydrogen-bond donors (Lipinski definition) is 1. The van der Waals surface area contributed by atoms with Crippen LogP contribution >= 0.6 is 0 Å². The van der Waals surface area contributed by atoms with Crippen LogP contribution in [0.15, 0.2) is 48.5 Å². The van der Waals surface area contributed by atoms with Crippen molar-refractivity contribution in [2.24, 2.45) is 0 Å². The normalized spacial score (nSPS) is 9.50. The van der Waals surface area contributed by atoms with Crippen LogP contribution in [0, 0.1) is 11.2 Å². The van der Waals surface area contributed by atoms with Crippen LogP contribution in [0.3, 0.4) is 0 Å². The summed E-state index contributed by atoms with van der Waals surface area (Å²) in [4.78, 5) is 3.05. The first-order valence-electron chi connectivity index (χ1n) is 4.76. The molecule has 0 aromatic heterocycles. The van der Waals surface area contributed by atoms with E-state index in [0.717, 1.165) is 11.4 Å². The predicted molar refractivity (Wildman–Crippen MR) is 60.9 cm³/mol. The quantitative estimate of drug-likeness (QED) is 0.766. The van der Waals surface area contributed by atoms with E-state index in [1.54, 1.807) is 36.4 Å². The molecule has 0 saturated carbocycles. The van der Waals surface area contributed by atoms with Gasteiger partial charge in [-0.3, -0.25) is 0 Å². The Balaban J connectivity index is 2.15. The topological polar surface area (TPSA) is 40.2 Å². The van der Waals surface area contributed by atoms with Gasteiger partial charge in [0, 0.05) is 23.5 Å². The van der Waals surface area contributed by atoms with Crippen molar-refractivity contribution in [1.82, 2.24) is 0 Å². The zero-order valence-corrected chi connectivity index (χ0v) is 8.39. The third-order valence-electron chi connectivity index (χ3n) is 2.12. The molecule has 4 heteroatoms. The third kappa shape index (κ3) is 2.34. The molecule has 0 radical (unpaired) electrons. The average Bonchev–Trinajstić information content (AvgIpc) is 2.33. The van der Waals surface area contributed by atoms with Crippen LogP contribution in [0.5, 0.6) is 0 Å². The molecule has 1 N–H and O–H groups in total. The Morgan fingerprint density at radius 2 is 1.38 bits per heavy atom. The summed E-state index contributed by atoms with van der Waals surface area (Å²) in [6, 6.07) is 13.0. The Bertz CT molecular complexity index is 511. The largest absolute Gasteiger partial charge is 0.385 e. The van der Waals surface area contributed by atoms with Gasteiger partial charge in [0.05, 0.1) is 0 Å². The second kappa shape index (κ2) is 4.41. The van der Waals surface area contributed by atoms with Gasteiger partial charge >= 0.3 is 5.69 Å². The lowest BCUT2D eigenvalue weighted by Gasteiger charge is -2.04. The highest BCUT2D eigenvalue weighted by Gasteiger charge is 2.02. The molecular weight excluding hydrogens is 205 g/mol. The van der Waals surface area contributed by atoms with E-state index in [4.69, 9.17) is 5.39 Å². The minimum atomic E-state index is -0.264. The van der Waals surface area contributed by atoms with E-state index < -0.39 is 0 Å². The summed E-state index contributed by atoms with van der Waals surface area (Å²) < 4.78 is 12.7. The Kier molecular flexibility index (Phi) is 2.79. The highest BCUT2D eigenvalue weighted by atomic mass is 19.1. The molecule has 2 aromatic carbocycles. The predicted octanol–water partition coefficient (Wildman–Crippen LogP) is 4.05. The molecule has 3 nitrogen and oxygen atoms in total. The van der Waals surface area contributed by atoms with Crippen LogP contribution in [0.1, 0.15) is 0 Å². The lowest BCUT2D eigenvalue weighted by atomic mass is 10.2. The smallest absolute Gasteiger partial charge is 0.356 e. The molecule has 0 unspecified atom stereocenters. The molecule has 78 valence electrons. The van der Waals surface area contributed by atoms with Crippen LogP contribution in [0.2, 0.25) is 0 Å². The maximum atomic E-state index is 12.7. The van der Waals surface area contributed by atoms with E-state index in [0.29, 0.717) is 5.69 Å².